The van der Waals surface area contributed by atoms with Crippen molar-refractivity contribution in [2.24, 2.45) is 0 Å². The minimum atomic E-state index is -1.06. The van der Waals surface area contributed by atoms with Gasteiger partial charge in [-0.25, -0.2) is 4.79 Å². The Morgan fingerprint density at radius 2 is 2.13 bits per heavy atom. The van der Waals surface area contributed by atoms with E-state index in [0.717, 1.165) is 37.0 Å². The van der Waals surface area contributed by atoms with Crippen molar-refractivity contribution in [3.63, 3.8) is 0 Å². The van der Waals surface area contributed by atoms with Crippen molar-refractivity contribution < 1.29 is 24.0 Å². The number of nitrogens with zero attached hydrogens (tertiary/aromatic N) is 1. The average Bonchev–Trinajstić information content (AvgIpc) is 2.97. The first kappa shape index (κ1) is 15.1. The molecule has 0 radical (unpaired) electrons. The summed E-state index contributed by atoms with van der Waals surface area (Å²) in [5.41, 5.74) is 1.70. The van der Waals surface area contributed by atoms with Crippen molar-refractivity contribution in [1.29, 1.82) is 0 Å². The summed E-state index contributed by atoms with van der Waals surface area (Å²) < 4.78 is 10.3. The Labute approximate surface area is 132 Å². The van der Waals surface area contributed by atoms with Gasteiger partial charge in [0.2, 0.25) is 0 Å². The maximum Gasteiger partial charge on any atom is 0.341 e. The number of carbonyl (C=O) groups excluding carboxylic acids is 1. The topological polar surface area (TPSA) is 102 Å². The number of aromatic nitrogens is 1. The molecule has 0 unspecified atom stereocenters. The van der Waals surface area contributed by atoms with Gasteiger partial charge in [-0.15, -0.1) is 0 Å². The zero-order chi connectivity index (χ0) is 16.2. The van der Waals surface area contributed by atoms with Crippen LogP contribution in [-0.2, 0) is 17.6 Å². The Morgan fingerprint density at radius 3 is 2.96 bits per heavy atom. The Hall–Kier alpha value is -2.83. The number of carbonyl (C=O) groups is 2. The summed E-state index contributed by atoms with van der Waals surface area (Å²) in [6.07, 6.45) is 3.68. The third-order valence-corrected chi connectivity index (χ3v) is 3.62. The van der Waals surface area contributed by atoms with Gasteiger partial charge < -0.3 is 19.7 Å². The van der Waals surface area contributed by atoms with Crippen LogP contribution < -0.4 is 10.1 Å². The van der Waals surface area contributed by atoms with Gasteiger partial charge in [0.25, 0.3) is 5.91 Å². The minimum Gasteiger partial charge on any atom is -0.482 e. The Morgan fingerprint density at radius 1 is 1.30 bits per heavy atom. The lowest BCUT2D eigenvalue weighted by atomic mass is 9.96. The molecule has 2 aromatic rings. The zero-order valence-electron chi connectivity index (χ0n) is 12.4. The molecule has 0 atom stereocenters. The van der Waals surface area contributed by atoms with E-state index in [-0.39, 0.29) is 5.91 Å². The van der Waals surface area contributed by atoms with Crippen LogP contribution in [0.3, 0.4) is 0 Å². The summed E-state index contributed by atoms with van der Waals surface area (Å²) >= 11 is 0. The number of hydrogen-bond donors (Lipinski definition) is 2. The molecule has 23 heavy (non-hydrogen) atoms. The smallest absolute Gasteiger partial charge is 0.341 e. The second-order valence-electron chi connectivity index (χ2n) is 5.30. The predicted octanol–water partition coefficient (Wildman–Crippen LogP) is 2.27. The SMILES string of the molecule is O=C(O)COc1cccc(NC(=O)c2noc3c2CCCC3)c1. The number of hydrogen-bond acceptors (Lipinski definition) is 5. The summed E-state index contributed by atoms with van der Waals surface area (Å²) in [6, 6.07) is 6.55. The van der Waals surface area contributed by atoms with Gasteiger partial charge in [0.15, 0.2) is 12.3 Å². The van der Waals surface area contributed by atoms with E-state index in [1.807, 2.05) is 0 Å². The van der Waals surface area contributed by atoms with Crippen LogP contribution in [0, 0.1) is 0 Å². The van der Waals surface area contributed by atoms with E-state index >= 15 is 0 Å². The van der Waals surface area contributed by atoms with Gasteiger partial charge in [-0.3, -0.25) is 4.79 Å². The van der Waals surface area contributed by atoms with Crippen LogP contribution in [-0.4, -0.2) is 28.7 Å². The number of amides is 1. The van der Waals surface area contributed by atoms with Crippen molar-refractivity contribution in [3.8, 4) is 5.75 Å². The molecule has 1 aromatic carbocycles. The maximum absolute atomic E-state index is 12.4. The number of benzene rings is 1. The van der Waals surface area contributed by atoms with Crippen molar-refractivity contribution in [2.45, 2.75) is 25.7 Å². The van der Waals surface area contributed by atoms with E-state index in [9.17, 15) is 9.59 Å². The molecule has 1 aliphatic carbocycles. The molecule has 0 bridgehead atoms. The molecular weight excluding hydrogens is 300 g/mol. The molecule has 0 spiro atoms. The molecule has 0 aliphatic heterocycles. The van der Waals surface area contributed by atoms with E-state index in [2.05, 4.69) is 10.5 Å². The van der Waals surface area contributed by atoms with Gasteiger partial charge in [0.1, 0.15) is 11.5 Å². The van der Waals surface area contributed by atoms with E-state index in [1.54, 1.807) is 24.3 Å². The number of aryl methyl sites for hydroxylation is 1. The van der Waals surface area contributed by atoms with E-state index in [1.165, 1.54) is 0 Å². The van der Waals surface area contributed by atoms with Crippen molar-refractivity contribution in [1.82, 2.24) is 5.16 Å². The number of carboxylic acid groups (broad SMARTS) is 1. The molecule has 7 nitrogen and oxygen atoms in total. The van der Waals surface area contributed by atoms with Crippen LogP contribution >= 0.6 is 0 Å². The third-order valence-electron chi connectivity index (χ3n) is 3.62. The summed E-state index contributed by atoms with van der Waals surface area (Å²) in [6.45, 7) is -0.436. The lowest BCUT2D eigenvalue weighted by Crippen LogP contribution is -2.16. The Balaban J connectivity index is 1.71. The number of carboxylic acids is 1. The molecule has 0 saturated carbocycles. The lowest BCUT2D eigenvalue weighted by molar-refractivity contribution is -0.139. The normalized spacial score (nSPS) is 13.2. The van der Waals surface area contributed by atoms with Crippen LogP contribution in [0.25, 0.3) is 0 Å². The summed E-state index contributed by atoms with van der Waals surface area (Å²) in [5.74, 6) is -0.242. The molecule has 1 aliphatic rings. The predicted molar refractivity (Wildman–Crippen MR) is 80.7 cm³/mol. The molecule has 7 heteroatoms. The molecule has 1 amide bonds. The van der Waals surface area contributed by atoms with Gasteiger partial charge >= 0.3 is 5.97 Å². The molecule has 0 fully saturated rings. The number of ether oxygens (including phenoxy) is 1. The molecular formula is C16H16N2O5. The first-order chi connectivity index (χ1) is 11.1. The van der Waals surface area contributed by atoms with Crippen LogP contribution in [0.5, 0.6) is 5.75 Å². The number of nitrogens with one attached hydrogen (secondary N) is 1. The summed E-state index contributed by atoms with van der Waals surface area (Å²) in [4.78, 5) is 22.9. The second kappa shape index (κ2) is 6.51. The highest BCUT2D eigenvalue weighted by molar-refractivity contribution is 6.04. The second-order valence-corrected chi connectivity index (χ2v) is 5.30. The Kier molecular flexibility index (Phi) is 4.27. The first-order valence-corrected chi connectivity index (χ1v) is 7.37. The summed E-state index contributed by atoms with van der Waals surface area (Å²) in [5, 5.41) is 15.2. The zero-order valence-corrected chi connectivity index (χ0v) is 12.4. The molecule has 1 aromatic heterocycles. The monoisotopic (exact) mass is 316 g/mol. The highest BCUT2D eigenvalue weighted by Crippen LogP contribution is 2.25. The van der Waals surface area contributed by atoms with Gasteiger partial charge in [-0.1, -0.05) is 11.2 Å². The fourth-order valence-electron chi connectivity index (χ4n) is 2.56. The minimum absolute atomic E-state index is 0.316. The first-order valence-electron chi connectivity index (χ1n) is 7.37. The maximum atomic E-state index is 12.4. The molecule has 1 heterocycles. The summed E-state index contributed by atoms with van der Waals surface area (Å²) in [7, 11) is 0. The van der Waals surface area contributed by atoms with Crippen LogP contribution in [0.2, 0.25) is 0 Å². The largest absolute Gasteiger partial charge is 0.482 e. The fraction of sp³-hybridized carbons (Fsp3) is 0.312. The van der Waals surface area contributed by atoms with Crippen molar-refractivity contribution in [2.75, 3.05) is 11.9 Å². The average molecular weight is 316 g/mol. The number of fused-ring (bicyclic) bond motifs is 1. The standard InChI is InChI=1S/C16H16N2O5/c19-14(20)9-22-11-5-3-4-10(8-11)17-16(21)15-12-6-1-2-7-13(12)23-18-15/h3-5,8H,1-2,6-7,9H2,(H,17,21)(H,19,20). The van der Waals surface area contributed by atoms with Crippen LogP contribution in [0.4, 0.5) is 5.69 Å². The lowest BCUT2D eigenvalue weighted by Gasteiger charge is -2.10. The van der Waals surface area contributed by atoms with Gasteiger partial charge in [0.05, 0.1) is 0 Å². The van der Waals surface area contributed by atoms with E-state index in [0.29, 0.717) is 17.1 Å². The fourth-order valence-corrected chi connectivity index (χ4v) is 2.56. The quantitative estimate of drug-likeness (QED) is 0.877. The number of aliphatic carboxylic acids is 1. The van der Waals surface area contributed by atoms with E-state index < -0.39 is 12.6 Å². The molecule has 3 rings (SSSR count). The highest BCUT2D eigenvalue weighted by Gasteiger charge is 2.24. The molecule has 0 saturated heterocycles. The third kappa shape index (κ3) is 3.50. The van der Waals surface area contributed by atoms with E-state index in [4.69, 9.17) is 14.4 Å². The number of rotatable bonds is 5. The molecule has 2 N–H and O–H groups in total. The molecule has 120 valence electrons. The van der Waals surface area contributed by atoms with Gasteiger partial charge in [-0.05, 0) is 31.4 Å². The van der Waals surface area contributed by atoms with Crippen molar-refractivity contribution >= 4 is 17.6 Å². The number of anilines is 1. The van der Waals surface area contributed by atoms with Crippen LogP contribution in [0.15, 0.2) is 28.8 Å². The Bertz CT molecular complexity index is 738. The van der Waals surface area contributed by atoms with Gasteiger partial charge in [0, 0.05) is 23.7 Å². The van der Waals surface area contributed by atoms with Crippen molar-refractivity contribution in [3.05, 3.63) is 41.3 Å². The van der Waals surface area contributed by atoms with Gasteiger partial charge in [-0.2, -0.15) is 0 Å². The highest BCUT2D eigenvalue weighted by atomic mass is 16.5. The van der Waals surface area contributed by atoms with Crippen LogP contribution in [0.1, 0.15) is 34.7 Å².